The molecular formula is C58H49F4N3O6. The van der Waals surface area contributed by atoms with Crippen LogP contribution in [0.1, 0.15) is 82.0 Å². The minimum absolute atomic E-state index is 0.0810. The third-order valence-electron chi connectivity index (χ3n) is 13.7. The number of halogens is 4. The van der Waals surface area contributed by atoms with Gasteiger partial charge >= 0.3 is 0 Å². The fourth-order valence-electron chi connectivity index (χ4n) is 10.2. The standard InChI is InChI=1S/C58H49F4N3O6/c1-58(2,3)37-21-19-33(20-22-37)28-64-55(66)50-48-39-24-41(59)43(61)26-45(39)63-52(48)53-49(51(50)56(64)67)40-25-42(60)44(62)27-46(40)65(53)57-54(70-31-36-17-11-6-12-18-36)47(69-30-35-15-9-5-10-16-35)23-38(71-57)32-68-29-34-13-7-4-8-14-34/h4-22,24-27,38,47,54,57,63H,23,28-32H2,1-3H3/t38-,47+,54-,57-/m1/s1. The minimum atomic E-state index is -1.21. The number of ether oxygens (including phenoxy) is 4. The Kier molecular flexibility index (Phi) is 12.1. The number of aromatic nitrogens is 2. The summed E-state index contributed by atoms with van der Waals surface area (Å²) in [4.78, 5) is 34.6. The van der Waals surface area contributed by atoms with Gasteiger partial charge in [-0.3, -0.25) is 14.5 Å². The number of nitrogens with zero attached hydrogens (tertiary/aromatic N) is 2. The molecule has 360 valence electrons. The number of aromatic amines is 1. The van der Waals surface area contributed by atoms with Crippen LogP contribution in [0, 0.1) is 23.3 Å². The number of carbonyl (C=O) groups is 2. The van der Waals surface area contributed by atoms with E-state index in [9.17, 15) is 0 Å². The summed E-state index contributed by atoms with van der Waals surface area (Å²) in [6, 6.07) is 40.4. The van der Waals surface area contributed by atoms with E-state index in [2.05, 4.69) is 25.8 Å². The average Bonchev–Trinajstić information content (AvgIpc) is 3.97. The van der Waals surface area contributed by atoms with E-state index in [-0.39, 0.29) is 93.1 Å². The molecule has 0 radical (unpaired) electrons. The molecule has 1 fully saturated rings. The summed E-state index contributed by atoms with van der Waals surface area (Å²) in [5, 5.41) is 0.474. The van der Waals surface area contributed by atoms with Crippen LogP contribution in [0.5, 0.6) is 0 Å². The number of fused-ring (bicyclic) bond motifs is 10. The van der Waals surface area contributed by atoms with Crippen molar-refractivity contribution in [1.82, 2.24) is 14.5 Å². The van der Waals surface area contributed by atoms with Crippen LogP contribution in [0.4, 0.5) is 17.6 Å². The molecule has 1 N–H and O–H groups in total. The lowest BCUT2D eigenvalue weighted by Crippen LogP contribution is -2.49. The van der Waals surface area contributed by atoms with Crippen molar-refractivity contribution in [3.05, 3.63) is 202 Å². The first-order valence-corrected chi connectivity index (χ1v) is 23.6. The topological polar surface area (TPSA) is 95.0 Å². The van der Waals surface area contributed by atoms with Gasteiger partial charge in [-0.1, -0.05) is 136 Å². The smallest absolute Gasteiger partial charge is 0.262 e. The third kappa shape index (κ3) is 8.56. The summed E-state index contributed by atoms with van der Waals surface area (Å²) in [6.07, 6.45) is -3.26. The second-order valence-electron chi connectivity index (χ2n) is 19.4. The fraction of sp³-hybridized carbons (Fsp3) is 0.241. The summed E-state index contributed by atoms with van der Waals surface area (Å²) < 4.78 is 91.5. The van der Waals surface area contributed by atoms with Gasteiger partial charge in [-0.2, -0.15) is 0 Å². The van der Waals surface area contributed by atoms with E-state index in [1.165, 1.54) is 0 Å². The van der Waals surface area contributed by atoms with Gasteiger partial charge in [0.15, 0.2) is 29.5 Å². The zero-order valence-corrected chi connectivity index (χ0v) is 39.2. The van der Waals surface area contributed by atoms with Gasteiger partial charge < -0.3 is 28.5 Å². The maximum absolute atomic E-state index is 16.0. The van der Waals surface area contributed by atoms with Crippen LogP contribution < -0.4 is 0 Å². The van der Waals surface area contributed by atoms with E-state index in [4.69, 9.17) is 18.9 Å². The van der Waals surface area contributed by atoms with Crippen molar-refractivity contribution in [1.29, 1.82) is 0 Å². The summed E-state index contributed by atoms with van der Waals surface area (Å²) in [5.41, 5.74) is 4.67. The molecule has 0 spiro atoms. The highest BCUT2D eigenvalue weighted by molar-refractivity contribution is 6.39. The first-order chi connectivity index (χ1) is 34.3. The number of nitrogens with one attached hydrogen (secondary N) is 1. The van der Waals surface area contributed by atoms with E-state index in [1.54, 1.807) is 4.57 Å². The van der Waals surface area contributed by atoms with Crippen molar-refractivity contribution in [2.75, 3.05) is 6.61 Å². The Labute approximate surface area is 406 Å². The number of H-pyrrole nitrogens is 1. The van der Waals surface area contributed by atoms with E-state index in [0.29, 0.717) is 12.0 Å². The lowest BCUT2D eigenvalue weighted by molar-refractivity contribution is -0.238. The molecule has 0 saturated carbocycles. The van der Waals surface area contributed by atoms with Crippen LogP contribution in [-0.4, -0.2) is 51.2 Å². The lowest BCUT2D eigenvalue weighted by Gasteiger charge is -2.42. The van der Waals surface area contributed by atoms with Gasteiger partial charge in [0.1, 0.15) is 6.10 Å². The maximum Gasteiger partial charge on any atom is 0.262 e. The summed E-state index contributed by atoms with van der Waals surface area (Å²) in [7, 11) is 0. The predicted molar refractivity (Wildman–Crippen MR) is 263 cm³/mol. The van der Waals surface area contributed by atoms with E-state index in [1.807, 2.05) is 115 Å². The van der Waals surface area contributed by atoms with Gasteiger partial charge in [-0.05, 0) is 45.4 Å². The molecule has 0 bridgehead atoms. The van der Waals surface area contributed by atoms with Gasteiger partial charge in [0, 0.05) is 45.6 Å². The van der Waals surface area contributed by atoms with E-state index >= 15 is 27.2 Å². The van der Waals surface area contributed by atoms with Crippen LogP contribution in [0.25, 0.3) is 43.6 Å². The van der Waals surface area contributed by atoms with Gasteiger partial charge in [0.25, 0.3) is 11.8 Å². The molecule has 4 atom stereocenters. The molecule has 9 nitrogen and oxygen atoms in total. The Morgan fingerprint density at radius 3 is 1.80 bits per heavy atom. The van der Waals surface area contributed by atoms with Crippen molar-refractivity contribution in [3.63, 3.8) is 0 Å². The monoisotopic (exact) mass is 959 g/mol. The lowest BCUT2D eigenvalue weighted by atomic mass is 9.87. The van der Waals surface area contributed by atoms with Crippen molar-refractivity contribution >= 4 is 55.4 Å². The normalized spacial score (nSPS) is 18.4. The van der Waals surface area contributed by atoms with Crippen molar-refractivity contribution in [2.24, 2.45) is 0 Å². The van der Waals surface area contributed by atoms with Crippen molar-refractivity contribution in [3.8, 4) is 0 Å². The Balaban J connectivity index is 1.14. The molecule has 0 aliphatic carbocycles. The zero-order chi connectivity index (χ0) is 49.1. The van der Waals surface area contributed by atoms with Gasteiger partial charge in [-0.25, -0.2) is 17.6 Å². The molecule has 71 heavy (non-hydrogen) atoms. The van der Waals surface area contributed by atoms with Gasteiger partial charge in [0.2, 0.25) is 0 Å². The molecule has 2 amide bonds. The maximum atomic E-state index is 16.0. The Morgan fingerprint density at radius 2 is 1.18 bits per heavy atom. The molecule has 2 aromatic heterocycles. The number of hydrogen-bond donors (Lipinski definition) is 1. The Bertz CT molecular complexity index is 3480. The quantitative estimate of drug-likeness (QED) is 0.0914. The molecule has 7 aromatic carbocycles. The zero-order valence-electron chi connectivity index (χ0n) is 39.2. The van der Waals surface area contributed by atoms with E-state index in [0.717, 1.165) is 51.4 Å². The van der Waals surface area contributed by atoms with Crippen LogP contribution in [-0.2, 0) is 50.7 Å². The second kappa shape index (κ2) is 18.5. The molecule has 4 heterocycles. The highest BCUT2D eigenvalue weighted by atomic mass is 19.2. The number of hydrogen-bond acceptors (Lipinski definition) is 6. The largest absolute Gasteiger partial charge is 0.374 e. The number of rotatable bonds is 13. The summed E-state index contributed by atoms with van der Waals surface area (Å²) in [5.74, 6) is -6.09. The summed E-state index contributed by atoms with van der Waals surface area (Å²) >= 11 is 0. The van der Waals surface area contributed by atoms with Crippen LogP contribution >= 0.6 is 0 Å². The molecule has 9 aromatic rings. The van der Waals surface area contributed by atoms with Crippen LogP contribution in [0.3, 0.4) is 0 Å². The Hall–Kier alpha value is -7.16. The van der Waals surface area contributed by atoms with Crippen LogP contribution in [0.2, 0.25) is 0 Å². The van der Waals surface area contributed by atoms with Gasteiger partial charge in [-0.15, -0.1) is 0 Å². The highest BCUT2D eigenvalue weighted by Crippen LogP contribution is 2.49. The van der Waals surface area contributed by atoms with E-state index < -0.39 is 59.6 Å². The SMILES string of the molecule is CC(C)(C)c1ccc(CN2C(=O)c3c(c4c5cc(F)c(F)cc5n([C@@H]5O[C@@H](COCc6ccccc6)C[C@H](OCc6ccccc6)[C@H]5OCc5ccccc5)c4c4[nH]c5cc(F)c(F)cc5c34)C2=O)cc1. The van der Waals surface area contributed by atoms with Crippen molar-refractivity contribution in [2.45, 2.75) is 83.5 Å². The Morgan fingerprint density at radius 1 is 0.634 bits per heavy atom. The third-order valence-corrected chi connectivity index (χ3v) is 13.7. The van der Waals surface area contributed by atoms with Crippen molar-refractivity contribution < 1.29 is 46.1 Å². The molecule has 1 saturated heterocycles. The second-order valence-corrected chi connectivity index (χ2v) is 19.4. The molecule has 0 unspecified atom stereocenters. The fourth-order valence-corrected chi connectivity index (χ4v) is 10.2. The molecule has 2 aliphatic rings. The number of benzene rings is 7. The average molecular weight is 960 g/mol. The van der Waals surface area contributed by atoms with Crippen LogP contribution in [0.15, 0.2) is 140 Å². The summed E-state index contributed by atoms with van der Waals surface area (Å²) in [6.45, 7) is 6.77. The number of imide groups is 1. The molecular weight excluding hydrogens is 911 g/mol. The molecule has 2 aliphatic heterocycles. The first-order valence-electron chi connectivity index (χ1n) is 23.6. The number of carbonyl (C=O) groups excluding carboxylic acids is 2. The molecule has 13 heteroatoms. The molecule has 11 rings (SSSR count). The number of amides is 2. The minimum Gasteiger partial charge on any atom is -0.374 e. The van der Waals surface area contributed by atoms with Gasteiger partial charge in [0.05, 0.1) is 72.9 Å². The predicted octanol–water partition coefficient (Wildman–Crippen LogP) is 12.8. The highest BCUT2D eigenvalue weighted by Gasteiger charge is 2.46. The first kappa shape index (κ1) is 46.2.